The van der Waals surface area contributed by atoms with E-state index in [-0.39, 0.29) is 42.3 Å². The average Bonchev–Trinajstić information content (AvgIpc) is 2.85. The zero-order valence-electron chi connectivity index (χ0n) is 19.4. The Morgan fingerprint density at radius 2 is 1.66 bits per heavy atom. The van der Waals surface area contributed by atoms with Crippen molar-refractivity contribution < 1.29 is 18.7 Å². The molecule has 3 atom stereocenters. The number of anilines is 1. The number of fused-ring (bicyclic) bond motifs is 1. The van der Waals surface area contributed by atoms with E-state index in [0.29, 0.717) is 18.8 Å². The SMILES string of the molecule is O=C(Nc1ccc(F)cc1)N1CCCCN2[C@H](CO)[C@@H](c3ccc(-c4cccc(F)c4)cc3)[C@H]2C1. The lowest BCUT2D eigenvalue weighted by atomic mass is 9.74. The normalized spacial score (nSPS) is 22.5. The van der Waals surface area contributed by atoms with Crippen LogP contribution in [0.1, 0.15) is 24.3 Å². The molecule has 2 aliphatic rings. The summed E-state index contributed by atoms with van der Waals surface area (Å²) in [5.74, 6) is -0.531. The summed E-state index contributed by atoms with van der Waals surface area (Å²) in [5, 5.41) is 13.0. The third kappa shape index (κ3) is 4.92. The summed E-state index contributed by atoms with van der Waals surface area (Å²) in [6, 6.07) is 20.2. The number of halogens is 2. The fourth-order valence-corrected chi connectivity index (χ4v) is 5.43. The molecule has 2 saturated heterocycles. The van der Waals surface area contributed by atoms with Gasteiger partial charge >= 0.3 is 6.03 Å². The van der Waals surface area contributed by atoms with Gasteiger partial charge in [-0.1, -0.05) is 36.4 Å². The summed E-state index contributed by atoms with van der Waals surface area (Å²) >= 11 is 0. The fraction of sp³-hybridized carbons (Fsp3) is 0.321. The Hall–Kier alpha value is -3.29. The van der Waals surface area contributed by atoms with Gasteiger partial charge in [0, 0.05) is 36.8 Å². The minimum atomic E-state index is -0.347. The number of carbonyl (C=O) groups excluding carboxylic acids is 1. The molecule has 0 radical (unpaired) electrons. The van der Waals surface area contributed by atoms with Gasteiger partial charge in [-0.15, -0.1) is 0 Å². The van der Waals surface area contributed by atoms with Crippen molar-refractivity contribution in [2.24, 2.45) is 0 Å². The van der Waals surface area contributed by atoms with E-state index in [0.717, 1.165) is 36.1 Å². The molecule has 2 amide bonds. The fourth-order valence-electron chi connectivity index (χ4n) is 5.43. The van der Waals surface area contributed by atoms with Gasteiger partial charge in [-0.05, 0) is 72.5 Å². The van der Waals surface area contributed by atoms with E-state index in [1.54, 1.807) is 18.2 Å². The van der Waals surface area contributed by atoms with Crippen LogP contribution >= 0.6 is 0 Å². The molecule has 0 saturated carbocycles. The van der Waals surface area contributed by atoms with Gasteiger partial charge in [-0.25, -0.2) is 13.6 Å². The standard InChI is InChI=1S/C28H29F2N3O2/c29-22-10-12-24(13-11-22)31-28(35)32-14-1-2-15-33-25(17-32)27(26(33)18-34)20-8-6-19(7-9-20)21-4-3-5-23(30)16-21/h3-13,16,25-27,34H,1-2,14-15,17-18H2,(H,31,35)/t25-,26-,27+/m1/s1. The molecule has 2 fully saturated rings. The molecule has 35 heavy (non-hydrogen) atoms. The zero-order valence-corrected chi connectivity index (χ0v) is 19.4. The van der Waals surface area contributed by atoms with Crippen LogP contribution in [-0.4, -0.2) is 59.3 Å². The van der Waals surface area contributed by atoms with Crippen LogP contribution in [0.25, 0.3) is 11.1 Å². The molecule has 7 heteroatoms. The number of hydrogen-bond acceptors (Lipinski definition) is 3. The molecule has 2 heterocycles. The Balaban J connectivity index is 1.34. The van der Waals surface area contributed by atoms with E-state index in [4.69, 9.17) is 0 Å². The first-order valence-corrected chi connectivity index (χ1v) is 12.1. The number of urea groups is 1. The number of aliphatic hydroxyl groups excluding tert-OH is 1. The lowest BCUT2D eigenvalue weighted by molar-refractivity contribution is -0.0585. The van der Waals surface area contributed by atoms with Gasteiger partial charge in [0.05, 0.1) is 6.61 Å². The molecule has 0 aliphatic carbocycles. The first-order chi connectivity index (χ1) is 17.0. The van der Waals surface area contributed by atoms with Gasteiger partial charge in [-0.3, -0.25) is 4.90 Å². The molecule has 2 N–H and O–H groups in total. The molecule has 5 nitrogen and oxygen atoms in total. The van der Waals surface area contributed by atoms with Crippen LogP contribution in [-0.2, 0) is 0 Å². The third-order valence-electron chi connectivity index (χ3n) is 7.21. The Morgan fingerprint density at radius 1 is 0.914 bits per heavy atom. The van der Waals surface area contributed by atoms with E-state index in [1.807, 2.05) is 35.2 Å². The first kappa shape index (κ1) is 23.5. The topological polar surface area (TPSA) is 55.8 Å². The summed E-state index contributed by atoms with van der Waals surface area (Å²) in [6.07, 6.45) is 1.82. The van der Waals surface area contributed by atoms with Gasteiger partial charge in [0.1, 0.15) is 11.6 Å². The van der Waals surface area contributed by atoms with Crippen LogP contribution in [0.15, 0.2) is 72.8 Å². The van der Waals surface area contributed by atoms with Crippen LogP contribution in [0.3, 0.4) is 0 Å². The Labute approximate surface area is 204 Å². The maximum atomic E-state index is 13.6. The Morgan fingerprint density at radius 3 is 2.37 bits per heavy atom. The van der Waals surface area contributed by atoms with Crippen LogP contribution in [0, 0.1) is 11.6 Å². The third-order valence-corrected chi connectivity index (χ3v) is 7.21. The minimum Gasteiger partial charge on any atom is -0.395 e. The smallest absolute Gasteiger partial charge is 0.321 e. The van der Waals surface area contributed by atoms with Crippen molar-refractivity contribution in [3.05, 3.63) is 90.0 Å². The van der Waals surface area contributed by atoms with Crippen molar-refractivity contribution in [3.63, 3.8) is 0 Å². The van der Waals surface area contributed by atoms with Crippen LogP contribution in [0.5, 0.6) is 0 Å². The molecule has 0 unspecified atom stereocenters. The van der Waals surface area contributed by atoms with E-state index in [1.165, 1.54) is 24.3 Å². The highest BCUT2D eigenvalue weighted by atomic mass is 19.1. The second-order valence-corrected chi connectivity index (χ2v) is 9.30. The summed E-state index contributed by atoms with van der Waals surface area (Å²) in [7, 11) is 0. The molecule has 3 aromatic carbocycles. The van der Waals surface area contributed by atoms with Gasteiger partial charge in [-0.2, -0.15) is 0 Å². The summed E-state index contributed by atoms with van der Waals surface area (Å²) in [5.41, 5.74) is 3.41. The highest BCUT2D eigenvalue weighted by molar-refractivity contribution is 5.89. The van der Waals surface area contributed by atoms with Crippen molar-refractivity contribution in [2.75, 3.05) is 31.6 Å². The molecule has 0 spiro atoms. The molecular formula is C28H29F2N3O2. The monoisotopic (exact) mass is 477 g/mol. The lowest BCUT2D eigenvalue weighted by Gasteiger charge is -2.57. The second kappa shape index (κ2) is 10.1. The van der Waals surface area contributed by atoms with Gasteiger partial charge in [0.15, 0.2) is 0 Å². The van der Waals surface area contributed by atoms with Crippen molar-refractivity contribution in [3.8, 4) is 11.1 Å². The van der Waals surface area contributed by atoms with Crippen LogP contribution in [0.4, 0.5) is 19.3 Å². The molecule has 0 bridgehead atoms. The van der Waals surface area contributed by atoms with E-state index in [9.17, 15) is 18.7 Å². The zero-order chi connectivity index (χ0) is 24.4. The van der Waals surface area contributed by atoms with Crippen LogP contribution < -0.4 is 5.32 Å². The van der Waals surface area contributed by atoms with Gasteiger partial charge in [0.2, 0.25) is 0 Å². The highest BCUT2D eigenvalue weighted by Crippen LogP contribution is 2.42. The second-order valence-electron chi connectivity index (χ2n) is 9.30. The summed E-state index contributed by atoms with van der Waals surface area (Å²) in [6.45, 7) is 2.13. The van der Waals surface area contributed by atoms with E-state index in [2.05, 4.69) is 10.2 Å². The number of nitrogens with one attached hydrogen (secondary N) is 1. The number of benzene rings is 3. The van der Waals surface area contributed by atoms with Crippen molar-refractivity contribution in [1.29, 1.82) is 0 Å². The highest BCUT2D eigenvalue weighted by Gasteiger charge is 2.49. The quantitative estimate of drug-likeness (QED) is 0.551. The van der Waals surface area contributed by atoms with Crippen molar-refractivity contribution >= 4 is 11.7 Å². The van der Waals surface area contributed by atoms with E-state index >= 15 is 0 Å². The maximum absolute atomic E-state index is 13.6. The molecule has 2 aliphatic heterocycles. The lowest BCUT2D eigenvalue weighted by Crippen LogP contribution is -2.68. The van der Waals surface area contributed by atoms with E-state index < -0.39 is 0 Å². The van der Waals surface area contributed by atoms with Gasteiger partial charge in [0.25, 0.3) is 0 Å². The number of hydrogen-bond donors (Lipinski definition) is 2. The predicted molar refractivity (Wildman–Crippen MR) is 132 cm³/mol. The molecular weight excluding hydrogens is 448 g/mol. The average molecular weight is 478 g/mol. The number of rotatable bonds is 4. The summed E-state index contributed by atoms with van der Waals surface area (Å²) in [4.78, 5) is 17.2. The van der Waals surface area contributed by atoms with Gasteiger partial charge < -0.3 is 15.3 Å². The summed E-state index contributed by atoms with van der Waals surface area (Å²) < 4.78 is 26.9. The molecule has 3 aromatic rings. The molecule has 182 valence electrons. The van der Waals surface area contributed by atoms with Crippen molar-refractivity contribution in [2.45, 2.75) is 30.8 Å². The number of nitrogens with zero attached hydrogens (tertiary/aromatic N) is 2. The largest absolute Gasteiger partial charge is 0.395 e. The molecule has 0 aromatic heterocycles. The van der Waals surface area contributed by atoms with Crippen LogP contribution in [0.2, 0.25) is 0 Å². The molecule has 5 rings (SSSR count). The first-order valence-electron chi connectivity index (χ1n) is 12.1. The number of carbonyl (C=O) groups is 1. The Bertz CT molecular complexity index is 1170. The van der Waals surface area contributed by atoms with Crippen molar-refractivity contribution in [1.82, 2.24) is 9.80 Å². The maximum Gasteiger partial charge on any atom is 0.321 e. The number of aliphatic hydroxyl groups is 1. The Kier molecular flexibility index (Phi) is 6.79. The minimum absolute atomic E-state index is 0.000120. The number of amides is 2. The predicted octanol–water partition coefficient (Wildman–Crippen LogP) is 5.09.